The van der Waals surface area contributed by atoms with Crippen molar-refractivity contribution in [3.63, 3.8) is 0 Å². The number of carboxylic acid groups (broad SMARTS) is 1. The molecule has 0 amide bonds. The summed E-state index contributed by atoms with van der Waals surface area (Å²) < 4.78 is 0. The highest BCUT2D eigenvalue weighted by Crippen LogP contribution is 2.33. The third-order valence-corrected chi connectivity index (χ3v) is 14.1. The van der Waals surface area contributed by atoms with Crippen molar-refractivity contribution in [1.29, 1.82) is 0 Å². The van der Waals surface area contributed by atoms with Crippen LogP contribution >= 0.6 is 0 Å². The van der Waals surface area contributed by atoms with Gasteiger partial charge in [-0.25, -0.2) is 0 Å². The van der Waals surface area contributed by atoms with Crippen LogP contribution in [0.3, 0.4) is 0 Å². The Bertz CT molecular complexity index is 929. The van der Waals surface area contributed by atoms with E-state index in [9.17, 15) is 24.3 Å². The smallest absolute Gasteiger partial charge is 0.322 e. The predicted molar refractivity (Wildman–Crippen MR) is 272 cm³/mol. The van der Waals surface area contributed by atoms with E-state index in [0.29, 0.717) is 19.3 Å². The van der Waals surface area contributed by atoms with Crippen molar-refractivity contribution in [2.24, 2.45) is 11.1 Å². The summed E-state index contributed by atoms with van der Waals surface area (Å²) in [5.74, 6) is -3.09. The lowest BCUT2D eigenvalue weighted by atomic mass is 9.66. The number of unbranched alkanes of at least 4 members (excludes halogenated alkanes) is 42. The average molecular weight is 889 g/mol. The van der Waals surface area contributed by atoms with Crippen molar-refractivity contribution in [2.45, 2.75) is 335 Å². The lowest BCUT2D eigenvalue weighted by Gasteiger charge is -2.33. The highest BCUT2D eigenvalue weighted by Gasteiger charge is 2.57. The lowest BCUT2D eigenvalue weighted by molar-refractivity contribution is -0.159. The Hall–Kier alpha value is -1.56. The van der Waals surface area contributed by atoms with Gasteiger partial charge in [-0.1, -0.05) is 290 Å². The lowest BCUT2D eigenvalue weighted by Crippen LogP contribution is -2.61. The maximum Gasteiger partial charge on any atom is 0.322 e. The van der Waals surface area contributed by atoms with Gasteiger partial charge in [0.1, 0.15) is 6.04 Å². The highest BCUT2D eigenvalue weighted by atomic mass is 16.4. The van der Waals surface area contributed by atoms with E-state index in [0.717, 1.165) is 57.8 Å². The molecule has 0 fully saturated rings. The molecule has 0 saturated heterocycles. The molecule has 0 saturated carbocycles. The standard InChI is InChI=1S/C57H109NO5/c1-4-7-10-13-16-19-22-25-28-31-34-37-40-43-46-49-52(59)57(55(58)56(62)63,53(60)50-47-44-41-38-35-32-29-26-23-20-17-14-11-8-5-2)54(61)51-48-45-42-39-36-33-30-27-24-21-18-15-12-9-6-3/h55H,4-51,58H2,1-3H3,(H,62,63). The molecule has 0 aromatic rings. The number of carboxylic acids is 1. The highest BCUT2D eigenvalue weighted by molar-refractivity contribution is 6.27. The molecule has 0 radical (unpaired) electrons. The number of carbonyl (C=O) groups excluding carboxylic acids is 3. The third kappa shape index (κ3) is 34.4. The van der Waals surface area contributed by atoms with E-state index in [1.807, 2.05) is 0 Å². The average Bonchev–Trinajstić information content (AvgIpc) is 3.27. The molecule has 0 rings (SSSR count). The first-order valence-electron chi connectivity index (χ1n) is 28.4. The van der Waals surface area contributed by atoms with Crippen molar-refractivity contribution in [1.82, 2.24) is 0 Å². The molecule has 0 aliphatic carbocycles. The van der Waals surface area contributed by atoms with Crippen molar-refractivity contribution >= 4 is 23.3 Å². The Kier molecular flexibility index (Phi) is 45.8. The van der Waals surface area contributed by atoms with E-state index in [2.05, 4.69) is 20.8 Å². The van der Waals surface area contributed by atoms with Crippen LogP contribution in [0.15, 0.2) is 0 Å². The van der Waals surface area contributed by atoms with Gasteiger partial charge in [0.25, 0.3) is 0 Å². The van der Waals surface area contributed by atoms with Gasteiger partial charge in [-0.15, -0.1) is 0 Å². The maximum atomic E-state index is 14.2. The fourth-order valence-corrected chi connectivity index (χ4v) is 9.73. The number of carbonyl (C=O) groups is 4. The number of nitrogens with two attached hydrogens (primary N) is 1. The van der Waals surface area contributed by atoms with E-state index >= 15 is 0 Å². The first-order valence-corrected chi connectivity index (χ1v) is 28.4. The molecule has 1 atom stereocenters. The molecule has 0 aromatic heterocycles. The van der Waals surface area contributed by atoms with Crippen molar-refractivity contribution in [2.75, 3.05) is 0 Å². The third-order valence-electron chi connectivity index (χ3n) is 14.1. The molecule has 6 heteroatoms. The number of rotatable bonds is 53. The Balaban J connectivity index is 4.97. The molecular formula is C57H109NO5. The van der Waals surface area contributed by atoms with Crippen LogP contribution in [0, 0.1) is 5.41 Å². The molecule has 63 heavy (non-hydrogen) atoms. The fraction of sp³-hybridized carbons (Fsp3) is 0.930. The molecule has 1 unspecified atom stereocenters. The van der Waals surface area contributed by atoms with Crippen LogP contribution in [0.1, 0.15) is 329 Å². The Labute approximate surface area is 392 Å². The summed E-state index contributed by atoms with van der Waals surface area (Å²) >= 11 is 0. The molecule has 6 nitrogen and oxygen atoms in total. The second-order valence-corrected chi connectivity index (χ2v) is 20.0. The molecule has 0 heterocycles. The van der Waals surface area contributed by atoms with E-state index in [4.69, 9.17) is 5.73 Å². The van der Waals surface area contributed by atoms with Crippen LogP contribution in [0.2, 0.25) is 0 Å². The van der Waals surface area contributed by atoms with Crippen LogP contribution in [-0.2, 0) is 19.2 Å². The number of hydrogen-bond acceptors (Lipinski definition) is 5. The largest absolute Gasteiger partial charge is 0.480 e. The topological polar surface area (TPSA) is 115 Å². The van der Waals surface area contributed by atoms with Gasteiger partial charge >= 0.3 is 5.97 Å². The summed E-state index contributed by atoms with van der Waals surface area (Å²) in [5.41, 5.74) is 4.03. The Morgan fingerprint density at radius 2 is 0.444 bits per heavy atom. The van der Waals surface area contributed by atoms with Gasteiger partial charge in [0, 0.05) is 19.3 Å². The van der Waals surface area contributed by atoms with Gasteiger partial charge in [-0.2, -0.15) is 0 Å². The summed E-state index contributed by atoms with van der Waals surface area (Å²) in [6.07, 6.45) is 54.2. The van der Waals surface area contributed by atoms with Crippen molar-refractivity contribution in [3.05, 3.63) is 0 Å². The first-order chi connectivity index (χ1) is 30.8. The second-order valence-electron chi connectivity index (χ2n) is 20.0. The van der Waals surface area contributed by atoms with Crippen LogP contribution in [-0.4, -0.2) is 34.5 Å². The summed E-state index contributed by atoms with van der Waals surface area (Å²) in [4.78, 5) is 55.0. The number of ketones is 3. The monoisotopic (exact) mass is 888 g/mol. The number of Topliss-reactive ketones (excluding diaryl/α,β-unsaturated/α-hetero) is 3. The quantitative estimate of drug-likeness (QED) is 0.0464. The van der Waals surface area contributed by atoms with E-state index in [1.165, 1.54) is 212 Å². The van der Waals surface area contributed by atoms with Gasteiger partial charge in [-0.3, -0.25) is 19.2 Å². The molecule has 0 bridgehead atoms. The second kappa shape index (κ2) is 47.0. The fourth-order valence-electron chi connectivity index (χ4n) is 9.73. The van der Waals surface area contributed by atoms with Gasteiger partial charge < -0.3 is 10.8 Å². The maximum absolute atomic E-state index is 14.2. The summed E-state index contributed by atoms with van der Waals surface area (Å²) in [6.45, 7) is 6.79. The van der Waals surface area contributed by atoms with Crippen LogP contribution in [0.5, 0.6) is 0 Å². The van der Waals surface area contributed by atoms with E-state index in [1.54, 1.807) is 0 Å². The minimum Gasteiger partial charge on any atom is -0.480 e. The molecule has 0 spiro atoms. The zero-order valence-corrected chi connectivity index (χ0v) is 42.7. The minimum atomic E-state index is -2.27. The van der Waals surface area contributed by atoms with Crippen LogP contribution in [0.4, 0.5) is 0 Å². The number of aliphatic carboxylic acids is 1. The zero-order chi connectivity index (χ0) is 46.3. The van der Waals surface area contributed by atoms with Crippen molar-refractivity contribution in [3.8, 4) is 0 Å². The van der Waals surface area contributed by atoms with E-state index < -0.39 is 34.8 Å². The minimum absolute atomic E-state index is 0.0361. The molecule has 3 N–H and O–H groups in total. The van der Waals surface area contributed by atoms with Crippen LogP contribution in [0.25, 0.3) is 0 Å². The van der Waals surface area contributed by atoms with Gasteiger partial charge in [0.15, 0.2) is 22.8 Å². The van der Waals surface area contributed by atoms with E-state index in [-0.39, 0.29) is 19.3 Å². The van der Waals surface area contributed by atoms with Gasteiger partial charge in [0.2, 0.25) is 0 Å². The molecule has 0 aliphatic heterocycles. The first kappa shape index (κ1) is 61.4. The Morgan fingerprint density at radius 3 is 0.587 bits per heavy atom. The van der Waals surface area contributed by atoms with Crippen LogP contribution < -0.4 is 5.73 Å². The SMILES string of the molecule is CCCCCCCCCCCCCCCCCC(=O)C(C(=O)CCCCCCCCCCCCCCCCC)(C(=O)CCCCCCCCCCCCCCCCC)C(N)C(=O)O. The summed E-state index contributed by atoms with van der Waals surface area (Å²) in [6, 6.07) is -1.84. The predicted octanol–water partition coefficient (Wildman–Crippen LogP) is 17.9. The van der Waals surface area contributed by atoms with Gasteiger partial charge in [-0.05, 0) is 19.3 Å². The molecule has 0 aliphatic rings. The summed E-state index contributed by atoms with van der Waals surface area (Å²) in [5, 5.41) is 10.2. The number of hydrogen-bond donors (Lipinski definition) is 2. The summed E-state index contributed by atoms with van der Waals surface area (Å²) in [7, 11) is 0. The Morgan fingerprint density at radius 1 is 0.302 bits per heavy atom. The zero-order valence-electron chi connectivity index (χ0n) is 42.7. The van der Waals surface area contributed by atoms with Crippen molar-refractivity contribution < 1.29 is 24.3 Å². The molecular weight excluding hydrogens is 779 g/mol. The molecule has 372 valence electrons. The molecule has 0 aromatic carbocycles. The normalized spacial score (nSPS) is 12.3. The van der Waals surface area contributed by atoms with Gasteiger partial charge in [0.05, 0.1) is 0 Å².